The van der Waals surface area contributed by atoms with Gasteiger partial charge < -0.3 is 15.2 Å². The van der Waals surface area contributed by atoms with Crippen molar-refractivity contribution in [1.29, 1.82) is 0 Å². The highest BCUT2D eigenvalue weighted by Crippen LogP contribution is 2.38. The fourth-order valence-electron chi connectivity index (χ4n) is 6.01. The highest BCUT2D eigenvalue weighted by Gasteiger charge is 2.36. The molecule has 0 spiro atoms. The van der Waals surface area contributed by atoms with Gasteiger partial charge in [0.25, 0.3) is 5.69 Å². The molecule has 4 aromatic rings. The number of carbonyl (C=O) groups is 1. The number of hydrogen-bond acceptors (Lipinski definition) is 6. The summed E-state index contributed by atoms with van der Waals surface area (Å²) in [5.41, 5.74) is 6.28. The maximum atomic E-state index is 13.4. The second-order valence-corrected chi connectivity index (χ2v) is 11.3. The Labute approximate surface area is 251 Å². The first-order valence-electron chi connectivity index (χ1n) is 15.1. The molecule has 9 nitrogen and oxygen atoms in total. The summed E-state index contributed by atoms with van der Waals surface area (Å²) in [5, 5.41) is 14.5. The van der Waals surface area contributed by atoms with Crippen molar-refractivity contribution < 1.29 is 9.72 Å². The molecule has 1 fully saturated rings. The van der Waals surface area contributed by atoms with Gasteiger partial charge in [-0.1, -0.05) is 49.7 Å². The number of H-pyrrole nitrogens is 1. The fourth-order valence-corrected chi connectivity index (χ4v) is 6.01. The van der Waals surface area contributed by atoms with Gasteiger partial charge in [-0.05, 0) is 80.2 Å². The number of nitro benzene ring substituents is 1. The minimum atomic E-state index is -0.778. The summed E-state index contributed by atoms with van der Waals surface area (Å²) in [6.45, 7) is 5.56. The lowest BCUT2D eigenvalue weighted by molar-refractivity contribution is -0.384. The predicted molar refractivity (Wildman–Crippen MR) is 169 cm³/mol. The first-order chi connectivity index (χ1) is 21.0. The molecule has 1 unspecified atom stereocenters. The molecule has 9 heteroatoms. The summed E-state index contributed by atoms with van der Waals surface area (Å²) in [6.07, 6.45) is 8.66. The molecule has 2 aliphatic rings. The smallest absolute Gasteiger partial charge is 0.269 e. The molecular weight excluding hydrogens is 540 g/mol. The summed E-state index contributed by atoms with van der Waals surface area (Å²) in [5.74, 6) is -0.102. The number of fused-ring (bicyclic) bond motifs is 1. The van der Waals surface area contributed by atoms with Crippen LogP contribution in [0.15, 0.2) is 77.9 Å². The lowest BCUT2D eigenvalue weighted by atomic mass is 9.89. The third-order valence-electron chi connectivity index (χ3n) is 8.38. The van der Waals surface area contributed by atoms with Crippen LogP contribution in [0.2, 0.25) is 0 Å². The zero-order valence-corrected chi connectivity index (χ0v) is 24.4. The van der Waals surface area contributed by atoms with Crippen molar-refractivity contribution in [2.24, 2.45) is 4.99 Å². The second-order valence-electron chi connectivity index (χ2n) is 11.3. The van der Waals surface area contributed by atoms with Crippen LogP contribution in [0.3, 0.4) is 0 Å². The van der Waals surface area contributed by atoms with Crippen LogP contribution in [0.5, 0.6) is 0 Å². The molecular formula is C34H36N6O3. The molecule has 1 aromatic heterocycles. The van der Waals surface area contributed by atoms with Gasteiger partial charge in [0.1, 0.15) is 11.7 Å². The van der Waals surface area contributed by atoms with Gasteiger partial charge in [0.15, 0.2) is 0 Å². The van der Waals surface area contributed by atoms with Crippen LogP contribution in [-0.4, -0.2) is 51.0 Å². The number of piperidine rings is 1. The third kappa shape index (κ3) is 6.41. The molecule has 3 aromatic carbocycles. The Morgan fingerprint density at radius 3 is 2.51 bits per heavy atom. The average molecular weight is 577 g/mol. The van der Waals surface area contributed by atoms with E-state index in [1.807, 2.05) is 42.6 Å². The van der Waals surface area contributed by atoms with Gasteiger partial charge in [-0.2, -0.15) is 0 Å². The number of aliphatic imine (C=N–C) groups is 1. The Hall–Kier alpha value is -4.63. The van der Waals surface area contributed by atoms with Crippen LogP contribution in [0.1, 0.15) is 61.0 Å². The van der Waals surface area contributed by atoms with Crippen molar-refractivity contribution in [3.8, 4) is 11.3 Å². The molecule has 0 radical (unpaired) electrons. The molecule has 3 heterocycles. The Balaban J connectivity index is 1.30. The highest BCUT2D eigenvalue weighted by atomic mass is 16.6. The van der Waals surface area contributed by atoms with Crippen LogP contribution in [0.25, 0.3) is 11.3 Å². The Bertz CT molecular complexity index is 1640. The maximum absolute atomic E-state index is 13.4. The quantitative estimate of drug-likeness (QED) is 0.122. The van der Waals surface area contributed by atoms with Crippen molar-refractivity contribution in [2.45, 2.75) is 51.4 Å². The van der Waals surface area contributed by atoms with E-state index in [2.05, 4.69) is 39.2 Å². The number of imidazole rings is 1. The highest BCUT2D eigenvalue weighted by molar-refractivity contribution is 6.24. The second kappa shape index (κ2) is 12.7. The van der Waals surface area contributed by atoms with Gasteiger partial charge in [-0.3, -0.25) is 19.9 Å². The number of carbonyl (C=O) groups excluding carboxylic acids is 1. The number of non-ortho nitro benzene ring substituents is 1. The summed E-state index contributed by atoms with van der Waals surface area (Å²) in [7, 11) is 0. The predicted octanol–water partition coefficient (Wildman–Crippen LogP) is 6.82. The van der Waals surface area contributed by atoms with Gasteiger partial charge >= 0.3 is 0 Å². The van der Waals surface area contributed by atoms with Crippen molar-refractivity contribution in [1.82, 2.24) is 14.9 Å². The van der Waals surface area contributed by atoms with E-state index in [0.717, 1.165) is 48.5 Å². The van der Waals surface area contributed by atoms with Crippen molar-refractivity contribution in [2.75, 3.05) is 25.0 Å². The van der Waals surface area contributed by atoms with E-state index in [1.54, 1.807) is 6.07 Å². The Morgan fingerprint density at radius 2 is 1.81 bits per heavy atom. The van der Waals surface area contributed by atoms with E-state index in [0.29, 0.717) is 22.6 Å². The first kappa shape index (κ1) is 28.5. The number of benzene rings is 3. The number of nitrogens with zero attached hydrogens (tertiary/aromatic N) is 4. The molecule has 1 amide bonds. The number of aromatic amines is 1. The van der Waals surface area contributed by atoms with Crippen molar-refractivity contribution in [3.63, 3.8) is 0 Å². The zero-order chi connectivity index (χ0) is 29.8. The Morgan fingerprint density at radius 1 is 1.05 bits per heavy atom. The first-order valence-corrected chi connectivity index (χ1v) is 15.1. The van der Waals surface area contributed by atoms with Gasteiger partial charge in [0, 0.05) is 29.8 Å². The van der Waals surface area contributed by atoms with Crippen LogP contribution in [-0.2, 0) is 17.6 Å². The van der Waals surface area contributed by atoms with E-state index in [1.165, 1.54) is 50.0 Å². The summed E-state index contributed by atoms with van der Waals surface area (Å²) in [4.78, 5) is 39.8. The van der Waals surface area contributed by atoms with Gasteiger partial charge in [-0.25, -0.2) is 4.98 Å². The molecule has 0 saturated carbocycles. The zero-order valence-electron chi connectivity index (χ0n) is 24.4. The Kier molecular flexibility index (Phi) is 8.42. The van der Waals surface area contributed by atoms with Gasteiger partial charge in [0.2, 0.25) is 5.91 Å². The van der Waals surface area contributed by atoms with E-state index in [-0.39, 0.29) is 11.6 Å². The summed E-state index contributed by atoms with van der Waals surface area (Å²) >= 11 is 0. The van der Waals surface area contributed by atoms with E-state index in [9.17, 15) is 14.9 Å². The number of anilines is 1. The number of aromatic nitrogens is 2. The van der Waals surface area contributed by atoms with Crippen LogP contribution >= 0.6 is 0 Å². The molecule has 2 N–H and O–H groups in total. The lowest BCUT2D eigenvalue weighted by Crippen LogP contribution is -2.30. The van der Waals surface area contributed by atoms with Gasteiger partial charge in [-0.15, -0.1) is 0 Å². The monoisotopic (exact) mass is 576 g/mol. The number of hydrogen-bond donors (Lipinski definition) is 2. The van der Waals surface area contributed by atoms with Crippen molar-refractivity contribution >= 4 is 28.7 Å². The number of likely N-dealkylation sites (tertiary alicyclic amines) is 1. The largest absolute Gasteiger partial charge is 0.342 e. The molecule has 6 rings (SSSR count). The normalized spacial score (nSPS) is 17.1. The molecule has 0 aliphatic carbocycles. The van der Waals surface area contributed by atoms with Crippen LogP contribution in [0, 0.1) is 10.1 Å². The average Bonchev–Trinajstić information content (AvgIpc) is 3.65. The SMILES string of the molecule is CCc1ncc(-c2ccc(N=C(c3ccc(CCCN4CCCCC4)cc3)C3C(=O)Nc4ccc([N+](=O)[O-])cc43)cc2)[nH]1. The lowest BCUT2D eigenvalue weighted by Gasteiger charge is -2.26. The molecule has 1 saturated heterocycles. The summed E-state index contributed by atoms with van der Waals surface area (Å²) < 4.78 is 0. The fraction of sp³-hybridized carbons (Fsp3) is 0.324. The topological polar surface area (TPSA) is 117 Å². The van der Waals surface area contributed by atoms with Crippen LogP contribution < -0.4 is 5.32 Å². The van der Waals surface area contributed by atoms with Gasteiger partial charge in [0.05, 0.1) is 28.2 Å². The number of nitro groups is 1. The number of nitrogens with one attached hydrogen (secondary N) is 2. The number of aryl methyl sites for hydroxylation is 2. The van der Waals surface area contributed by atoms with E-state index >= 15 is 0 Å². The minimum Gasteiger partial charge on any atom is -0.342 e. The molecule has 1 atom stereocenters. The molecule has 43 heavy (non-hydrogen) atoms. The number of rotatable bonds is 10. The van der Waals surface area contributed by atoms with Crippen LogP contribution in [0.4, 0.5) is 17.1 Å². The third-order valence-corrected chi connectivity index (χ3v) is 8.38. The van der Waals surface area contributed by atoms with E-state index in [4.69, 9.17) is 4.99 Å². The molecule has 2 aliphatic heterocycles. The van der Waals surface area contributed by atoms with Crippen molar-refractivity contribution in [3.05, 3.63) is 106 Å². The number of amides is 1. The standard InChI is InChI=1S/C34H36N6O3/c1-2-31-35-22-30(37-31)24-12-14-26(15-13-24)36-33(32-28-21-27(40(42)43)16-17-29(28)38-34(32)41)25-10-8-23(9-11-25)7-6-20-39-18-4-3-5-19-39/h8-17,21-22,32H,2-7,18-20H2,1H3,(H,35,37)(H,38,41). The maximum Gasteiger partial charge on any atom is 0.269 e. The van der Waals surface area contributed by atoms with E-state index < -0.39 is 10.8 Å². The minimum absolute atomic E-state index is 0.0565. The molecule has 220 valence electrons. The molecule has 0 bridgehead atoms. The summed E-state index contributed by atoms with van der Waals surface area (Å²) in [6, 6.07) is 20.5.